The van der Waals surface area contributed by atoms with E-state index in [2.05, 4.69) is 30.9 Å². The highest BCUT2D eigenvalue weighted by Gasteiger charge is 2.04. The van der Waals surface area contributed by atoms with Gasteiger partial charge in [0.15, 0.2) is 5.65 Å². The molecule has 0 unspecified atom stereocenters. The average molecular weight is 304 g/mol. The number of halogens is 1. The lowest BCUT2D eigenvalue weighted by molar-refractivity contribution is 0.297. The largest absolute Gasteiger partial charge is 0.486 e. The van der Waals surface area contributed by atoms with Crippen molar-refractivity contribution < 1.29 is 4.74 Å². The van der Waals surface area contributed by atoms with Gasteiger partial charge in [-0.05, 0) is 34.1 Å². The summed E-state index contributed by atoms with van der Waals surface area (Å²) in [5, 5.41) is 0. The van der Waals surface area contributed by atoms with E-state index in [-0.39, 0.29) is 0 Å². The molecule has 0 atom stereocenters. The molecule has 3 aromatic rings. The van der Waals surface area contributed by atoms with Crippen LogP contribution in [0, 0.1) is 0 Å². The summed E-state index contributed by atoms with van der Waals surface area (Å²) in [4.78, 5) is 11.8. The summed E-state index contributed by atoms with van der Waals surface area (Å²) < 4.78 is 6.53. The summed E-state index contributed by atoms with van der Waals surface area (Å²) in [5.41, 5.74) is 1.60. The number of imidazole rings is 1. The summed E-state index contributed by atoms with van der Waals surface area (Å²) in [5.74, 6) is 1.59. The minimum Gasteiger partial charge on any atom is -0.486 e. The molecular formula is C13H10BrN3O. The van der Waals surface area contributed by atoms with E-state index < -0.39 is 0 Å². The lowest BCUT2D eigenvalue weighted by Crippen LogP contribution is -1.96. The summed E-state index contributed by atoms with van der Waals surface area (Å²) in [6, 6.07) is 11.6. The molecule has 0 spiro atoms. The Morgan fingerprint density at radius 1 is 1.22 bits per heavy atom. The molecule has 5 heteroatoms. The number of pyridine rings is 1. The normalized spacial score (nSPS) is 10.7. The van der Waals surface area contributed by atoms with E-state index in [1.807, 2.05) is 36.4 Å². The molecule has 0 fully saturated rings. The third-order valence-electron chi connectivity index (χ3n) is 2.47. The van der Waals surface area contributed by atoms with Gasteiger partial charge < -0.3 is 9.72 Å². The number of nitrogens with one attached hydrogen (secondary N) is 1. The molecule has 1 N–H and O–H groups in total. The van der Waals surface area contributed by atoms with E-state index in [4.69, 9.17) is 4.74 Å². The summed E-state index contributed by atoms with van der Waals surface area (Å²) in [7, 11) is 0. The Balaban J connectivity index is 1.79. The number of H-pyrrole nitrogens is 1. The Morgan fingerprint density at radius 2 is 2.06 bits per heavy atom. The van der Waals surface area contributed by atoms with E-state index in [0.29, 0.717) is 6.61 Å². The molecule has 0 aliphatic heterocycles. The molecule has 2 heterocycles. The zero-order valence-electron chi connectivity index (χ0n) is 9.43. The Kier molecular flexibility index (Phi) is 2.98. The zero-order valence-corrected chi connectivity index (χ0v) is 11.0. The van der Waals surface area contributed by atoms with Crippen LogP contribution in [0.4, 0.5) is 0 Å². The van der Waals surface area contributed by atoms with Gasteiger partial charge in [0.25, 0.3) is 0 Å². The van der Waals surface area contributed by atoms with Crippen LogP contribution in [0.3, 0.4) is 0 Å². The van der Waals surface area contributed by atoms with Crippen LogP contribution in [0.5, 0.6) is 5.75 Å². The van der Waals surface area contributed by atoms with Crippen molar-refractivity contribution in [2.75, 3.05) is 0 Å². The highest BCUT2D eigenvalue weighted by Crippen LogP contribution is 2.16. The first-order valence-electron chi connectivity index (χ1n) is 5.49. The highest BCUT2D eigenvalue weighted by atomic mass is 79.9. The molecule has 18 heavy (non-hydrogen) atoms. The van der Waals surface area contributed by atoms with Crippen LogP contribution in [0.25, 0.3) is 11.2 Å². The van der Waals surface area contributed by atoms with Gasteiger partial charge in [-0.2, -0.15) is 0 Å². The Hall–Kier alpha value is -1.88. The number of hydrogen-bond donors (Lipinski definition) is 1. The number of ether oxygens (including phenoxy) is 1. The molecule has 0 aliphatic rings. The van der Waals surface area contributed by atoms with Crippen LogP contribution in [-0.4, -0.2) is 15.0 Å². The van der Waals surface area contributed by atoms with Gasteiger partial charge >= 0.3 is 0 Å². The SMILES string of the molecule is Brc1cnc2[nH]c(COc3ccccc3)nc2c1. The predicted octanol–water partition coefficient (Wildman–Crippen LogP) is 3.30. The van der Waals surface area contributed by atoms with Crippen molar-refractivity contribution in [2.24, 2.45) is 0 Å². The van der Waals surface area contributed by atoms with Crippen molar-refractivity contribution >= 4 is 27.1 Å². The van der Waals surface area contributed by atoms with Crippen LogP contribution in [0.15, 0.2) is 47.1 Å². The van der Waals surface area contributed by atoms with Crippen molar-refractivity contribution in [1.29, 1.82) is 0 Å². The predicted molar refractivity (Wildman–Crippen MR) is 72.4 cm³/mol. The maximum atomic E-state index is 5.62. The number of rotatable bonds is 3. The fraction of sp³-hybridized carbons (Fsp3) is 0.0769. The van der Waals surface area contributed by atoms with Crippen LogP contribution < -0.4 is 4.74 Å². The van der Waals surface area contributed by atoms with E-state index in [9.17, 15) is 0 Å². The molecule has 0 saturated heterocycles. The molecule has 90 valence electrons. The standard InChI is InChI=1S/C13H10BrN3O/c14-9-6-11-13(15-7-9)17-12(16-11)8-18-10-4-2-1-3-5-10/h1-7H,8H2,(H,15,16,17). The van der Waals surface area contributed by atoms with Crippen LogP contribution in [-0.2, 0) is 6.61 Å². The molecule has 0 amide bonds. The second-order valence-electron chi connectivity index (χ2n) is 3.81. The monoisotopic (exact) mass is 303 g/mol. The fourth-order valence-corrected chi connectivity index (χ4v) is 1.98. The maximum absolute atomic E-state index is 5.62. The molecule has 0 radical (unpaired) electrons. The molecule has 0 bridgehead atoms. The Bertz CT molecular complexity index is 666. The van der Waals surface area contributed by atoms with E-state index in [0.717, 1.165) is 27.2 Å². The number of aromatic amines is 1. The molecule has 3 rings (SSSR count). The van der Waals surface area contributed by atoms with Gasteiger partial charge in [0, 0.05) is 10.7 Å². The first-order valence-corrected chi connectivity index (χ1v) is 6.28. The van der Waals surface area contributed by atoms with Crippen LogP contribution in [0.1, 0.15) is 5.82 Å². The number of aromatic nitrogens is 3. The average Bonchev–Trinajstić information content (AvgIpc) is 2.79. The highest BCUT2D eigenvalue weighted by molar-refractivity contribution is 9.10. The zero-order chi connectivity index (χ0) is 12.4. The van der Waals surface area contributed by atoms with Crippen LogP contribution in [0.2, 0.25) is 0 Å². The van der Waals surface area contributed by atoms with Gasteiger partial charge in [-0.3, -0.25) is 0 Å². The van der Waals surface area contributed by atoms with E-state index in [1.165, 1.54) is 0 Å². The molecular weight excluding hydrogens is 294 g/mol. The molecule has 1 aromatic carbocycles. The van der Waals surface area contributed by atoms with Crippen molar-refractivity contribution in [3.8, 4) is 5.75 Å². The number of para-hydroxylation sites is 1. The van der Waals surface area contributed by atoms with Gasteiger partial charge in [0.05, 0.1) is 0 Å². The van der Waals surface area contributed by atoms with Gasteiger partial charge in [0.2, 0.25) is 0 Å². The van der Waals surface area contributed by atoms with Crippen molar-refractivity contribution in [3.63, 3.8) is 0 Å². The van der Waals surface area contributed by atoms with E-state index in [1.54, 1.807) is 6.20 Å². The smallest absolute Gasteiger partial charge is 0.157 e. The summed E-state index contributed by atoms with van der Waals surface area (Å²) in [6.45, 7) is 0.401. The first kappa shape index (κ1) is 11.2. The lowest BCUT2D eigenvalue weighted by atomic mass is 10.3. The summed E-state index contributed by atoms with van der Waals surface area (Å²) in [6.07, 6.45) is 1.74. The number of fused-ring (bicyclic) bond motifs is 1. The van der Waals surface area contributed by atoms with Gasteiger partial charge in [-0.15, -0.1) is 0 Å². The fourth-order valence-electron chi connectivity index (χ4n) is 1.66. The van der Waals surface area contributed by atoms with Crippen molar-refractivity contribution in [3.05, 3.63) is 52.9 Å². The third kappa shape index (κ3) is 2.36. The van der Waals surface area contributed by atoms with Gasteiger partial charge in [-0.25, -0.2) is 9.97 Å². The third-order valence-corrected chi connectivity index (χ3v) is 2.90. The molecule has 0 aliphatic carbocycles. The quantitative estimate of drug-likeness (QED) is 0.807. The second kappa shape index (κ2) is 4.78. The van der Waals surface area contributed by atoms with Crippen LogP contribution >= 0.6 is 15.9 Å². The Morgan fingerprint density at radius 3 is 2.89 bits per heavy atom. The second-order valence-corrected chi connectivity index (χ2v) is 4.72. The number of nitrogens with zero attached hydrogens (tertiary/aromatic N) is 2. The maximum Gasteiger partial charge on any atom is 0.157 e. The first-order chi connectivity index (χ1) is 8.81. The van der Waals surface area contributed by atoms with E-state index >= 15 is 0 Å². The Labute approximate surface area is 112 Å². The topological polar surface area (TPSA) is 50.8 Å². The number of hydrogen-bond acceptors (Lipinski definition) is 3. The molecule has 0 saturated carbocycles. The molecule has 2 aromatic heterocycles. The lowest BCUT2D eigenvalue weighted by Gasteiger charge is -2.02. The van der Waals surface area contributed by atoms with Gasteiger partial charge in [0.1, 0.15) is 23.7 Å². The van der Waals surface area contributed by atoms with Crippen molar-refractivity contribution in [1.82, 2.24) is 15.0 Å². The summed E-state index contributed by atoms with van der Waals surface area (Å²) >= 11 is 3.37. The minimum absolute atomic E-state index is 0.401. The van der Waals surface area contributed by atoms with Gasteiger partial charge in [-0.1, -0.05) is 18.2 Å². The number of benzene rings is 1. The minimum atomic E-state index is 0.401. The molecule has 4 nitrogen and oxygen atoms in total. The van der Waals surface area contributed by atoms with Crippen molar-refractivity contribution in [2.45, 2.75) is 6.61 Å².